The van der Waals surface area contributed by atoms with Crippen LogP contribution in [0.1, 0.15) is 40.2 Å². The van der Waals surface area contributed by atoms with E-state index >= 15 is 0 Å². The smallest absolute Gasteiger partial charge is 0.145 e. The lowest BCUT2D eigenvalue weighted by Crippen LogP contribution is -2.34. The average Bonchev–Trinajstić information content (AvgIpc) is 2.32. The Morgan fingerprint density at radius 1 is 1.29 bits per heavy atom. The van der Waals surface area contributed by atoms with Crippen LogP contribution in [0.2, 0.25) is 0 Å². The molecule has 0 fully saturated rings. The zero-order valence-electron chi connectivity index (χ0n) is 13.2. The van der Waals surface area contributed by atoms with Crippen molar-refractivity contribution < 1.29 is 14.1 Å². The third-order valence-electron chi connectivity index (χ3n) is 2.69. The normalized spacial score (nSPS) is 15.0. The van der Waals surface area contributed by atoms with Crippen molar-refractivity contribution in [2.75, 3.05) is 7.11 Å². The lowest BCUT2D eigenvalue weighted by atomic mass is 9.95. The number of aliphatic hydroxyl groups is 1. The molecular formula is C15H22BrNO3S. The van der Waals surface area contributed by atoms with Crippen molar-refractivity contribution in [3.8, 4) is 5.75 Å². The molecule has 0 aliphatic carbocycles. The Morgan fingerprint density at radius 2 is 1.86 bits per heavy atom. The van der Waals surface area contributed by atoms with Gasteiger partial charge in [-0.2, -0.15) is 4.40 Å². The molecule has 0 amide bonds. The van der Waals surface area contributed by atoms with E-state index in [-0.39, 0.29) is 0 Å². The minimum absolute atomic E-state index is 0.342. The molecule has 0 aromatic heterocycles. The standard InChI is InChI=1S/C15H22BrNO3S/c1-14(2,3)21(19)17-13(15(4,5)18)11-9-10(16)7-8-12(11)20-6/h7-9,18H,1-6H3/b17-13-/t21-/m1/s1. The van der Waals surface area contributed by atoms with Gasteiger partial charge in [0.2, 0.25) is 0 Å². The Bertz CT molecular complexity index is 571. The van der Waals surface area contributed by atoms with E-state index < -0.39 is 21.3 Å². The molecule has 1 aromatic rings. The molecule has 0 aliphatic heterocycles. The number of hydrogen-bond acceptors (Lipinski definition) is 3. The highest BCUT2D eigenvalue weighted by atomic mass is 79.9. The molecule has 0 bridgehead atoms. The summed E-state index contributed by atoms with van der Waals surface area (Å²) in [7, 11) is 0.0769. The first-order valence-corrected chi connectivity index (χ1v) is 8.44. The van der Waals surface area contributed by atoms with Crippen LogP contribution < -0.4 is 4.74 Å². The van der Waals surface area contributed by atoms with Gasteiger partial charge in [-0.15, -0.1) is 0 Å². The molecule has 118 valence electrons. The average molecular weight is 376 g/mol. The largest absolute Gasteiger partial charge is 0.496 e. The summed E-state index contributed by atoms with van der Waals surface area (Å²) in [6, 6.07) is 5.42. The van der Waals surface area contributed by atoms with Gasteiger partial charge < -0.3 is 9.84 Å². The van der Waals surface area contributed by atoms with Crippen molar-refractivity contribution in [3.63, 3.8) is 0 Å². The summed E-state index contributed by atoms with van der Waals surface area (Å²) in [5.74, 6) is 0.574. The molecule has 1 rings (SSSR count). The van der Waals surface area contributed by atoms with E-state index in [9.17, 15) is 9.32 Å². The van der Waals surface area contributed by atoms with Gasteiger partial charge in [-0.3, -0.25) is 0 Å². The first-order chi connectivity index (χ1) is 9.46. The van der Waals surface area contributed by atoms with Crippen LogP contribution in [-0.2, 0) is 11.0 Å². The summed E-state index contributed by atoms with van der Waals surface area (Å²) in [6.07, 6.45) is 0. The molecule has 0 unspecified atom stereocenters. The van der Waals surface area contributed by atoms with Gasteiger partial charge >= 0.3 is 0 Å². The molecule has 6 heteroatoms. The second-order valence-electron chi connectivity index (χ2n) is 6.21. The van der Waals surface area contributed by atoms with Gasteiger partial charge in [0, 0.05) is 10.0 Å². The molecular weight excluding hydrogens is 354 g/mol. The summed E-state index contributed by atoms with van der Waals surface area (Å²) >= 11 is 3.40. The van der Waals surface area contributed by atoms with E-state index in [2.05, 4.69) is 20.3 Å². The molecule has 0 spiro atoms. The number of ether oxygens (including phenoxy) is 1. The fourth-order valence-corrected chi connectivity index (χ4v) is 2.70. The maximum absolute atomic E-state index is 12.3. The lowest BCUT2D eigenvalue weighted by molar-refractivity contribution is 0.154. The first-order valence-electron chi connectivity index (χ1n) is 6.54. The zero-order chi connectivity index (χ0) is 16.4. The molecule has 1 N–H and O–H groups in total. The van der Waals surface area contributed by atoms with Crippen LogP contribution in [0.4, 0.5) is 0 Å². The van der Waals surface area contributed by atoms with Crippen LogP contribution >= 0.6 is 15.9 Å². The van der Waals surface area contributed by atoms with Gasteiger partial charge in [0.05, 0.1) is 17.6 Å². The molecule has 0 saturated carbocycles. The number of nitrogens with zero attached hydrogens (tertiary/aromatic N) is 1. The number of benzene rings is 1. The molecule has 1 atom stereocenters. The number of hydrogen-bond donors (Lipinski definition) is 1. The Labute approximate surface area is 137 Å². The summed E-state index contributed by atoms with van der Waals surface area (Å²) in [6.45, 7) is 8.75. The monoisotopic (exact) mass is 375 g/mol. The Balaban J connectivity index is 3.51. The maximum Gasteiger partial charge on any atom is 0.145 e. The molecule has 0 saturated heterocycles. The van der Waals surface area contributed by atoms with Crippen molar-refractivity contribution in [3.05, 3.63) is 28.2 Å². The molecule has 21 heavy (non-hydrogen) atoms. The second kappa shape index (κ2) is 6.58. The van der Waals surface area contributed by atoms with Crippen molar-refractivity contribution in [2.45, 2.75) is 45.0 Å². The zero-order valence-corrected chi connectivity index (χ0v) is 15.6. The lowest BCUT2D eigenvalue weighted by Gasteiger charge is -2.24. The first kappa shape index (κ1) is 18.3. The van der Waals surface area contributed by atoms with Crippen molar-refractivity contribution in [1.82, 2.24) is 0 Å². The summed E-state index contributed by atoms with van der Waals surface area (Å²) in [5, 5.41) is 10.4. The number of halogens is 1. The van der Waals surface area contributed by atoms with Crippen LogP contribution in [0.5, 0.6) is 5.75 Å². The summed E-state index contributed by atoms with van der Waals surface area (Å²) < 4.78 is 22.3. The van der Waals surface area contributed by atoms with Gasteiger partial charge in [0.1, 0.15) is 22.3 Å². The summed E-state index contributed by atoms with van der Waals surface area (Å²) in [5.41, 5.74) is -0.277. The highest BCUT2D eigenvalue weighted by Gasteiger charge is 2.29. The summed E-state index contributed by atoms with van der Waals surface area (Å²) in [4.78, 5) is 0. The van der Waals surface area contributed by atoms with Crippen molar-refractivity contribution in [2.24, 2.45) is 4.40 Å². The third kappa shape index (κ3) is 4.90. The van der Waals surface area contributed by atoms with Gasteiger partial charge in [-0.05, 0) is 52.8 Å². The third-order valence-corrected chi connectivity index (χ3v) is 4.58. The Kier molecular flexibility index (Phi) is 5.75. The minimum atomic E-state index is -1.47. The maximum atomic E-state index is 12.3. The molecule has 0 aliphatic rings. The predicted octanol–water partition coefficient (Wildman–Crippen LogP) is 3.48. The Morgan fingerprint density at radius 3 is 2.29 bits per heavy atom. The predicted molar refractivity (Wildman–Crippen MR) is 91.4 cm³/mol. The molecule has 0 radical (unpaired) electrons. The molecule has 0 heterocycles. The van der Waals surface area contributed by atoms with Crippen LogP contribution in [0, 0.1) is 0 Å². The van der Waals surface area contributed by atoms with Gasteiger partial charge in [-0.1, -0.05) is 15.9 Å². The van der Waals surface area contributed by atoms with Crippen molar-refractivity contribution >= 4 is 32.6 Å². The highest BCUT2D eigenvalue weighted by molar-refractivity contribution is 9.10. The topological polar surface area (TPSA) is 58.9 Å². The second-order valence-corrected chi connectivity index (χ2v) is 9.03. The molecule has 1 aromatic carbocycles. The van der Waals surface area contributed by atoms with E-state index in [1.165, 1.54) is 0 Å². The fraction of sp³-hybridized carbons (Fsp3) is 0.533. The minimum Gasteiger partial charge on any atom is -0.496 e. The Hall–Kier alpha value is -0.720. The number of methoxy groups -OCH3 is 1. The fourth-order valence-electron chi connectivity index (χ4n) is 1.58. The van der Waals surface area contributed by atoms with E-state index in [1.54, 1.807) is 33.1 Å². The SMILES string of the molecule is COc1ccc(Br)cc1/C(=N/[S@](=O)C(C)(C)C)C(C)(C)O. The van der Waals surface area contributed by atoms with Crippen LogP contribution in [0.25, 0.3) is 0 Å². The van der Waals surface area contributed by atoms with Crippen molar-refractivity contribution in [1.29, 1.82) is 0 Å². The van der Waals surface area contributed by atoms with Gasteiger partial charge in [-0.25, -0.2) is 4.21 Å². The van der Waals surface area contributed by atoms with Crippen LogP contribution in [-0.4, -0.2) is 32.5 Å². The van der Waals surface area contributed by atoms with Gasteiger partial charge in [0.15, 0.2) is 0 Å². The van der Waals surface area contributed by atoms with Crippen LogP contribution in [0.3, 0.4) is 0 Å². The molecule has 4 nitrogen and oxygen atoms in total. The van der Waals surface area contributed by atoms with Gasteiger partial charge in [0.25, 0.3) is 0 Å². The van der Waals surface area contributed by atoms with E-state index in [4.69, 9.17) is 4.74 Å². The number of rotatable bonds is 4. The van der Waals surface area contributed by atoms with E-state index in [0.717, 1.165) is 4.47 Å². The van der Waals surface area contributed by atoms with E-state index in [1.807, 2.05) is 26.8 Å². The van der Waals surface area contributed by atoms with Crippen LogP contribution in [0.15, 0.2) is 27.1 Å². The van der Waals surface area contributed by atoms with E-state index in [0.29, 0.717) is 17.0 Å². The quantitative estimate of drug-likeness (QED) is 0.819. The highest BCUT2D eigenvalue weighted by Crippen LogP contribution is 2.28.